The summed E-state index contributed by atoms with van der Waals surface area (Å²) in [6.45, 7) is 8.38. The highest BCUT2D eigenvalue weighted by atomic mass is 32.2. The third kappa shape index (κ3) is 4.24. The van der Waals surface area contributed by atoms with Crippen LogP contribution in [0.4, 0.5) is 0 Å². The molecule has 0 saturated carbocycles. The molecule has 1 aliphatic rings. The van der Waals surface area contributed by atoms with Crippen molar-refractivity contribution in [2.75, 3.05) is 25.1 Å². The fourth-order valence-corrected chi connectivity index (χ4v) is 3.28. The zero-order chi connectivity index (χ0) is 11.2. The van der Waals surface area contributed by atoms with E-state index < -0.39 is 9.84 Å². The van der Waals surface area contributed by atoms with Gasteiger partial charge in [0, 0.05) is 12.6 Å². The summed E-state index contributed by atoms with van der Waals surface area (Å²) in [5.74, 6) is 0.663. The Hall–Kier alpha value is -0.350. The van der Waals surface area contributed by atoms with Crippen LogP contribution in [0.15, 0.2) is 12.7 Å². The van der Waals surface area contributed by atoms with E-state index in [4.69, 9.17) is 0 Å². The summed E-state index contributed by atoms with van der Waals surface area (Å²) in [5.41, 5.74) is 0. The average molecular weight is 219 g/mol. The Morgan fingerprint density at radius 1 is 1.50 bits per heavy atom. The fraction of sp³-hybridized carbons (Fsp3) is 0.800. The minimum absolute atomic E-state index is 0.202. The van der Waals surface area contributed by atoms with Gasteiger partial charge in [0.05, 0.1) is 11.5 Å². The second-order valence-electron chi connectivity index (χ2n) is 3.29. The first-order valence-electron chi connectivity index (χ1n) is 5.07. The van der Waals surface area contributed by atoms with E-state index in [2.05, 4.69) is 6.58 Å². The van der Waals surface area contributed by atoms with E-state index in [1.807, 2.05) is 25.8 Å². The SMILES string of the molecule is C=CCN(C)C1CCS(=O)(=O)C1.CC. The average Bonchev–Trinajstić information content (AvgIpc) is 2.50. The van der Waals surface area contributed by atoms with Gasteiger partial charge in [0.15, 0.2) is 9.84 Å². The number of likely N-dealkylation sites (N-methyl/N-ethyl adjacent to an activating group) is 1. The highest BCUT2D eigenvalue weighted by Gasteiger charge is 2.29. The monoisotopic (exact) mass is 219 g/mol. The molecule has 14 heavy (non-hydrogen) atoms. The minimum atomic E-state index is -2.73. The van der Waals surface area contributed by atoms with Crippen molar-refractivity contribution in [2.45, 2.75) is 26.3 Å². The first-order chi connectivity index (χ1) is 6.55. The summed E-state index contributed by atoms with van der Waals surface area (Å²) in [7, 11) is -0.797. The number of hydrogen-bond acceptors (Lipinski definition) is 3. The number of hydrogen-bond donors (Lipinski definition) is 0. The second-order valence-corrected chi connectivity index (χ2v) is 5.51. The van der Waals surface area contributed by atoms with Crippen molar-refractivity contribution < 1.29 is 8.42 Å². The molecule has 0 amide bonds. The highest BCUT2D eigenvalue weighted by Crippen LogP contribution is 2.15. The molecule has 1 rings (SSSR count). The van der Waals surface area contributed by atoms with E-state index >= 15 is 0 Å². The zero-order valence-corrected chi connectivity index (χ0v) is 10.2. The van der Waals surface area contributed by atoms with Gasteiger partial charge in [-0.05, 0) is 13.5 Å². The predicted molar refractivity (Wildman–Crippen MR) is 61.2 cm³/mol. The molecule has 0 aromatic rings. The van der Waals surface area contributed by atoms with Gasteiger partial charge in [-0.3, -0.25) is 4.90 Å². The van der Waals surface area contributed by atoms with Gasteiger partial charge in [0.1, 0.15) is 0 Å². The quantitative estimate of drug-likeness (QED) is 0.672. The summed E-state index contributed by atoms with van der Waals surface area (Å²) < 4.78 is 22.2. The van der Waals surface area contributed by atoms with Crippen LogP contribution in [0.5, 0.6) is 0 Å². The molecule has 1 saturated heterocycles. The van der Waals surface area contributed by atoms with E-state index in [-0.39, 0.29) is 6.04 Å². The van der Waals surface area contributed by atoms with Crippen molar-refractivity contribution in [3.8, 4) is 0 Å². The van der Waals surface area contributed by atoms with Crippen LogP contribution in [0.2, 0.25) is 0 Å². The van der Waals surface area contributed by atoms with Crippen LogP contribution in [-0.4, -0.2) is 44.5 Å². The Morgan fingerprint density at radius 2 is 2.07 bits per heavy atom. The van der Waals surface area contributed by atoms with Crippen molar-refractivity contribution in [1.29, 1.82) is 0 Å². The van der Waals surface area contributed by atoms with Gasteiger partial charge in [-0.2, -0.15) is 0 Å². The lowest BCUT2D eigenvalue weighted by molar-refractivity contribution is 0.289. The first-order valence-corrected chi connectivity index (χ1v) is 6.89. The standard InChI is InChI=1S/C8H15NO2S.C2H6/c1-3-5-9(2)8-4-6-12(10,11)7-8;1-2/h3,8H,1,4-7H2,2H3;1-2H3. The van der Waals surface area contributed by atoms with E-state index in [1.54, 1.807) is 6.08 Å². The molecule has 1 aliphatic heterocycles. The van der Waals surface area contributed by atoms with Gasteiger partial charge in [0.25, 0.3) is 0 Å². The summed E-state index contributed by atoms with van der Waals surface area (Å²) in [5, 5.41) is 0. The molecule has 0 aromatic heterocycles. The van der Waals surface area contributed by atoms with Gasteiger partial charge < -0.3 is 0 Å². The molecule has 0 radical (unpaired) electrons. The van der Waals surface area contributed by atoms with Gasteiger partial charge in [-0.25, -0.2) is 8.42 Å². The van der Waals surface area contributed by atoms with Crippen LogP contribution in [-0.2, 0) is 9.84 Å². The van der Waals surface area contributed by atoms with E-state index in [0.717, 1.165) is 13.0 Å². The predicted octanol–water partition coefficient (Wildman–Crippen LogP) is 1.32. The fourth-order valence-electron chi connectivity index (χ4n) is 1.48. The molecule has 0 aromatic carbocycles. The molecule has 0 bridgehead atoms. The Bertz CT molecular complexity index is 259. The minimum Gasteiger partial charge on any atom is -0.299 e. The van der Waals surface area contributed by atoms with Crippen molar-refractivity contribution in [3.63, 3.8) is 0 Å². The Labute approximate surface area is 87.7 Å². The molecular formula is C10H21NO2S. The molecule has 1 fully saturated rings. The van der Waals surface area contributed by atoms with Crippen LogP contribution in [0.1, 0.15) is 20.3 Å². The molecule has 1 unspecified atom stereocenters. The maximum Gasteiger partial charge on any atom is 0.151 e. The topological polar surface area (TPSA) is 37.4 Å². The number of rotatable bonds is 3. The van der Waals surface area contributed by atoms with Crippen LogP contribution in [0.25, 0.3) is 0 Å². The van der Waals surface area contributed by atoms with Gasteiger partial charge >= 0.3 is 0 Å². The molecule has 0 N–H and O–H groups in total. The molecule has 1 heterocycles. The molecule has 4 heteroatoms. The Balaban J connectivity index is 0.000000791. The molecule has 0 spiro atoms. The lowest BCUT2D eigenvalue weighted by Gasteiger charge is -2.20. The zero-order valence-electron chi connectivity index (χ0n) is 9.36. The van der Waals surface area contributed by atoms with Crippen LogP contribution in [0, 0.1) is 0 Å². The van der Waals surface area contributed by atoms with Crippen LogP contribution >= 0.6 is 0 Å². The van der Waals surface area contributed by atoms with Gasteiger partial charge in [-0.1, -0.05) is 19.9 Å². The summed E-state index contributed by atoms with van der Waals surface area (Å²) in [4.78, 5) is 2.04. The molecule has 84 valence electrons. The molecule has 1 atom stereocenters. The van der Waals surface area contributed by atoms with Crippen molar-refractivity contribution in [1.82, 2.24) is 4.90 Å². The maximum absolute atomic E-state index is 11.1. The molecule has 0 aliphatic carbocycles. The highest BCUT2D eigenvalue weighted by molar-refractivity contribution is 7.91. The third-order valence-corrected chi connectivity index (χ3v) is 4.00. The molecule has 3 nitrogen and oxygen atoms in total. The summed E-state index contributed by atoms with van der Waals surface area (Å²) in [6, 6.07) is 0.202. The lowest BCUT2D eigenvalue weighted by atomic mass is 10.2. The summed E-state index contributed by atoms with van der Waals surface area (Å²) in [6.07, 6.45) is 2.57. The normalized spacial score (nSPS) is 24.1. The molecular weight excluding hydrogens is 198 g/mol. The van der Waals surface area contributed by atoms with E-state index in [1.165, 1.54) is 0 Å². The van der Waals surface area contributed by atoms with Crippen molar-refractivity contribution in [3.05, 3.63) is 12.7 Å². The lowest BCUT2D eigenvalue weighted by Crippen LogP contribution is -2.32. The Kier molecular flexibility index (Phi) is 6.04. The first kappa shape index (κ1) is 13.7. The van der Waals surface area contributed by atoms with Crippen molar-refractivity contribution >= 4 is 9.84 Å². The van der Waals surface area contributed by atoms with Crippen LogP contribution in [0.3, 0.4) is 0 Å². The summed E-state index contributed by atoms with van der Waals surface area (Å²) >= 11 is 0. The number of nitrogens with zero attached hydrogens (tertiary/aromatic N) is 1. The van der Waals surface area contributed by atoms with E-state index in [0.29, 0.717) is 11.5 Å². The maximum atomic E-state index is 11.1. The Morgan fingerprint density at radius 3 is 2.43 bits per heavy atom. The van der Waals surface area contributed by atoms with Gasteiger partial charge in [-0.15, -0.1) is 6.58 Å². The second kappa shape index (κ2) is 6.19. The number of sulfone groups is 1. The van der Waals surface area contributed by atoms with Crippen molar-refractivity contribution in [2.24, 2.45) is 0 Å². The van der Waals surface area contributed by atoms with Crippen LogP contribution < -0.4 is 0 Å². The largest absolute Gasteiger partial charge is 0.299 e. The van der Waals surface area contributed by atoms with Gasteiger partial charge in [0.2, 0.25) is 0 Å². The smallest absolute Gasteiger partial charge is 0.151 e. The third-order valence-electron chi connectivity index (χ3n) is 2.25. The van der Waals surface area contributed by atoms with E-state index in [9.17, 15) is 8.42 Å².